The van der Waals surface area contributed by atoms with E-state index in [0.29, 0.717) is 23.2 Å². The Labute approximate surface area is 253 Å². The molecule has 2 aromatic rings. The van der Waals surface area contributed by atoms with Crippen molar-refractivity contribution in [2.75, 3.05) is 0 Å². The Bertz CT molecular complexity index is 1690. The van der Waals surface area contributed by atoms with Crippen LogP contribution in [0.5, 0.6) is 0 Å². The molecule has 2 atom stereocenters. The fraction of sp³-hybridized carbons (Fsp3) is 0.394. The standard InChI is InChI=1S/C17H18N2O3.C16H18N2O3/c1-9(2)11-5-4-6-12-14(11)17(22)19(16(12)21)13-8-7-10(3)18-15(13)20;1-9(2)10-4-3-5-11-12(10)8-18(16(11)21)13-6-7-14(19)17-15(13)20/h4-6,9,13H,3,7-8H2,1-2H3,(H,18,20);3-5,9,13H,6-8H2,1-2H3,(H,17,19,20)/i2*13D. The SMILES string of the molecule is [2H]C1(N2C(=O)c3cccc(C(C)C)c3C2=O)CCC(=C)NC1=O.[2H]C1(N2Cc3c(cccc3C(C)C)C2=O)CCC(=O)NC1=O. The van der Waals surface area contributed by atoms with Gasteiger partial charge in [-0.1, -0.05) is 58.5 Å². The lowest BCUT2D eigenvalue weighted by Crippen LogP contribution is -2.52. The molecule has 0 aromatic heterocycles. The van der Waals surface area contributed by atoms with Gasteiger partial charge in [-0.3, -0.25) is 39.0 Å². The van der Waals surface area contributed by atoms with Gasteiger partial charge in [-0.2, -0.15) is 0 Å². The highest BCUT2D eigenvalue weighted by Gasteiger charge is 2.45. The van der Waals surface area contributed by atoms with Crippen LogP contribution in [0.3, 0.4) is 0 Å². The third kappa shape index (κ3) is 5.37. The van der Waals surface area contributed by atoms with Crippen LogP contribution in [0.2, 0.25) is 0 Å². The lowest BCUT2D eigenvalue weighted by Gasteiger charge is -2.29. The number of imide groups is 2. The number of carbonyl (C=O) groups is 6. The number of fused-ring (bicyclic) bond motifs is 2. The van der Waals surface area contributed by atoms with Crippen LogP contribution in [0.25, 0.3) is 0 Å². The largest absolute Gasteiger partial charge is 0.329 e. The predicted molar refractivity (Wildman–Crippen MR) is 158 cm³/mol. The van der Waals surface area contributed by atoms with Crippen LogP contribution in [-0.2, 0) is 20.9 Å². The summed E-state index contributed by atoms with van der Waals surface area (Å²) in [5.74, 6) is -2.92. The molecule has 0 bridgehead atoms. The molecule has 6 rings (SSSR count). The second kappa shape index (κ2) is 11.6. The number of nitrogens with one attached hydrogen (secondary N) is 2. The first-order valence-corrected chi connectivity index (χ1v) is 14.4. The van der Waals surface area contributed by atoms with Crippen molar-refractivity contribution < 1.29 is 31.5 Å². The van der Waals surface area contributed by atoms with E-state index >= 15 is 0 Å². The third-order valence-corrected chi connectivity index (χ3v) is 8.11. The highest BCUT2D eigenvalue weighted by molar-refractivity contribution is 6.23. The zero-order chi connectivity index (χ0) is 33.0. The Hall–Kier alpha value is -4.60. The summed E-state index contributed by atoms with van der Waals surface area (Å²) in [4.78, 5) is 76.0. The molecule has 2 aromatic carbocycles. The summed E-state index contributed by atoms with van der Waals surface area (Å²) < 4.78 is 16.9. The highest BCUT2D eigenvalue weighted by Crippen LogP contribution is 2.34. The molecule has 224 valence electrons. The van der Waals surface area contributed by atoms with Crippen molar-refractivity contribution in [2.24, 2.45) is 0 Å². The van der Waals surface area contributed by atoms with Gasteiger partial charge < -0.3 is 10.2 Å². The molecule has 0 spiro atoms. The second-order valence-electron chi connectivity index (χ2n) is 11.6. The first-order valence-electron chi connectivity index (χ1n) is 15.4. The number of rotatable bonds is 4. The summed E-state index contributed by atoms with van der Waals surface area (Å²) in [5, 5.41) is 4.66. The maximum absolute atomic E-state index is 12.8. The summed E-state index contributed by atoms with van der Waals surface area (Å²) in [7, 11) is 0. The monoisotopic (exact) mass is 586 g/mol. The quantitative estimate of drug-likeness (QED) is 0.524. The van der Waals surface area contributed by atoms with E-state index in [1.165, 1.54) is 4.90 Å². The normalized spacial score (nSPS) is 25.7. The number of allylic oxidation sites excluding steroid dienone is 1. The lowest BCUT2D eigenvalue weighted by molar-refractivity contribution is -0.137. The molecule has 4 heterocycles. The molecular weight excluding hydrogens is 548 g/mol. The number of hydrogen-bond donors (Lipinski definition) is 2. The molecule has 2 saturated heterocycles. The van der Waals surface area contributed by atoms with Crippen molar-refractivity contribution in [2.45, 2.75) is 83.8 Å². The van der Waals surface area contributed by atoms with Gasteiger partial charge in [0.15, 0.2) is 0 Å². The van der Waals surface area contributed by atoms with Crippen LogP contribution in [0, 0.1) is 0 Å². The van der Waals surface area contributed by atoms with Crippen molar-refractivity contribution >= 4 is 35.4 Å². The molecule has 4 aliphatic rings. The van der Waals surface area contributed by atoms with Gasteiger partial charge in [0.1, 0.15) is 12.0 Å². The summed E-state index contributed by atoms with van der Waals surface area (Å²) >= 11 is 0. The Balaban J connectivity index is 0.000000178. The second-order valence-corrected chi connectivity index (χ2v) is 11.6. The van der Waals surface area contributed by atoms with Crippen molar-refractivity contribution in [3.8, 4) is 0 Å². The maximum Gasteiger partial charge on any atom is 0.262 e. The average molecular weight is 587 g/mol. The first-order chi connectivity index (χ1) is 21.1. The van der Waals surface area contributed by atoms with Gasteiger partial charge in [-0.25, -0.2) is 0 Å². The first kappa shape index (κ1) is 27.2. The zero-order valence-electron chi connectivity index (χ0n) is 26.7. The summed E-state index contributed by atoms with van der Waals surface area (Å²) in [6.45, 7) is 11.9. The van der Waals surface area contributed by atoms with Gasteiger partial charge in [0.25, 0.3) is 17.7 Å². The smallest absolute Gasteiger partial charge is 0.262 e. The molecule has 4 aliphatic heterocycles. The number of benzene rings is 2. The van der Waals surface area contributed by atoms with Gasteiger partial charge in [0.2, 0.25) is 17.7 Å². The molecule has 2 fully saturated rings. The minimum absolute atomic E-state index is 0.0361. The number of hydrogen-bond acceptors (Lipinski definition) is 6. The van der Waals surface area contributed by atoms with E-state index in [1.54, 1.807) is 24.3 Å². The molecule has 10 heteroatoms. The zero-order valence-corrected chi connectivity index (χ0v) is 24.7. The Morgan fingerprint density at radius 1 is 0.767 bits per heavy atom. The fourth-order valence-corrected chi connectivity index (χ4v) is 5.91. The molecule has 0 radical (unpaired) electrons. The van der Waals surface area contributed by atoms with E-state index in [0.717, 1.165) is 21.6 Å². The molecule has 2 N–H and O–H groups in total. The summed E-state index contributed by atoms with van der Waals surface area (Å²) in [5.41, 5.74) is 4.34. The number of carbonyl (C=O) groups excluding carboxylic acids is 6. The molecule has 2 unspecified atom stereocenters. The predicted octanol–water partition coefficient (Wildman–Crippen LogP) is 3.77. The van der Waals surface area contributed by atoms with Gasteiger partial charge in [0.05, 0.1) is 13.9 Å². The highest BCUT2D eigenvalue weighted by atomic mass is 16.2. The molecule has 0 saturated carbocycles. The van der Waals surface area contributed by atoms with E-state index in [4.69, 9.17) is 2.74 Å². The fourth-order valence-electron chi connectivity index (χ4n) is 5.91. The molecule has 6 amide bonds. The van der Waals surface area contributed by atoms with E-state index < -0.39 is 35.7 Å². The van der Waals surface area contributed by atoms with Crippen LogP contribution in [-0.4, -0.2) is 57.3 Å². The Morgan fingerprint density at radius 3 is 2.00 bits per heavy atom. The van der Waals surface area contributed by atoms with E-state index in [9.17, 15) is 28.8 Å². The molecule has 0 aliphatic carbocycles. The average Bonchev–Trinajstić information content (AvgIpc) is 3.47. The van der Waals surface area contributed by atoms with Crippen molar-refractivity contribution in [1.29, 1.82) is 0 Å². The minimum atomic E-state index is -1.93. The van der Waals surface area contributed by atoms with E-state index in [1.807, 2.05) is 39.8 Å². The lowest BCUT2D eigenvalue weighted by atomic mass is 9.94. The summed E-state index contributed by atoms with van der Waals surface area (Å²) in [6.07, 6.45) is 0.528. The van der Waals surface area contributed by atoms with Crippen LogP contribution in [0.4, 0.5) is 0 Å². The Kier molecular flexibility index (Phi) is 7.34. The van der Waals surface area contributed by atoms with Crippen molar-refractivity contribution in [3.63, 3.8) is 0 Å². The number of nitrogens with zero attached hydrogens (tertiary/aromatic N) is 2. The maximum atomic E-state index is 12.8. The topological polar surface area (TPSA) is 133 Å². The Morgan fingerprint density at radius 2 is 1.37 bits per heavy atom. The van der Waals surface area contributed by atoms with E-state index in [-0.39, 0.29) is 55.0 Å². The third-order valence-electron chi connectivity index (χ3n) is 8.11. The van der Waals surface area contributed by atoms with Crippen LogP contribution in [0.15, 0.2) is 48.7 Å². The molecule has 10 nitrogen and oxygen atoms in total. The minimum Gasteiger partial charge on any atom is -0.329 e. The van der Waals surface area contributed by atoms with Gasteiger partial charge in [-0.15, -0.1) is 0 Å². The van der Waals surface area contributed by atoms with Gasteiger partial charge in [-0.05, 0) is 59.9 Å². The van der Waals surface area contributed by atoms with Crippen molar-refractivity contribution in [1.82, 2.24) is 20.4 Å². The number of piperidine rings is 2. The van der Waals surface area contributed by atoms with Crippen molar-refractivity contribution in [3.05, 3.63) is 82.1 Å². The van der Waals surface area contributed by atoms with Gasteiger partial charge >= 0.3 is 0 Å². The summed E-state index contributed by atoms with van der Waals surface area (Å²) in [6, 6.07) is 7.00. The van der Waals surface area contributed by atoms with Crippen LogP contribution >= 0.6 is 0 Å². The van der Waals surface area contributed by atoms with E-state index in [2.05, 4.69) is 17.2 Å². The van der Waals surface area contributed by atoms with Crippen LogP contribution < -0.4 is 10.6 Å². The van der Waals surface area contributed by atoms with Crippen LogP contribution in [0.1, 0.15) is 116 Å². The van der Waals surface area contributed by atoms with Gasteiger partial charge in [0, 0.05) is 24.2 Å². The molecule has 43 heavy (non-hydrogen) atoms. The number of amides is 6. The molecular formula is C33H36N4O6.